The van der Waals surface area contributed by atoms with Gasteiger partial charge in [0.05, 0.1) is 11.9 Å². The van der Waals surface area contributed by atoms with Crippen molar-refractivity contribution in [3.8, 4) is 5.75 Å². The van der Waals surface area contributed by atoms with Crippen LogP contribution in [0.25, 0.3) is 21.7 Å². The number of fused-ring (bicyclic) bond motifs is 3. The monoisotopic (exact) mass is 426 g/mol. The van der Waals surface area contributed by atoms with Crippen LogP contribution >= 0.6 is 0 Å². The van der Waals surface area contributed by atoms with E-state index in [1.54, 1.807) is 38.1 Å². The molecule has 0 unspecified atom stereocenters. The highest BCUT2D eigenvalue weighted by atomic mass is 16.5. The van der Waals surface area contributed by atoms with E-state index in [0.717, 1.165) is 10.8 Å². The molecule has 1 aromatic heterocycles. The van der Waals surface area contributed by atoms with Crippen molar-refractivity contribution < 1.29 is 28.6 Å². The van der Waals surface area contributed by atoms with E-state index in [2.05, 4.69) is 10.6 Å². The lowest BCUT2D eigenvalue weighted by molar-refractivity contribution is -0.143. The number of amides is 2. The topological polar surface area (TPSA) is 135 Å². The third-order valence-electron chi connectivity index (χ3n) is 4.66. The van der Waals surface area contributed by atoms with Gasteiger partial charge in [0.25, 0.3) is 5.91 Å². The maximum absolute atomic E-state index is 12.1. The number of aliphatic carboxylic acids is 1. The number of carboxylic acids is 1. The van der Waals surface area contributed by atoms with Gasteiger partial charge in [0.15, 0.2) is 6.61 Å². The van der Waals surface area contributed by atoms with Gasteiger partial charge in [0, 0.05) is 11.5 Å². The van der Waals surface area contributed by atoms with E-state index in [9.17, 15) is 19.2 Å². The third-order valence-corrected chi connectivity index (χ3v) is 4.66. The lowest BCUT2D eigenvalue weighted by Gasteiger charge is -2.18. The quantitative estimate of drug-likeness (QED) is 0.368. The predicted octanol–water partition coefficient (Wildman–Crippen LogP) is 1.67. The number of carbonyl (C=O) groups excluding carboxylic acids is 2. The summed E-state index contributed by atoms with van der Waals surface area (Å²) in [5.74, 6) is -2.31. The number of ether oxygens (including phenoxy) is 1. The maximum Gasteiger partial charge on any atom is 0.344 e. The summed E-state index contributed by atoms with van der Waals surface area (Å²) in [6.45, 7) is 2.58. The molecular formula is C22H22N2O7. The maximum atomic E-state index is 12.1. The van der Waals surface area contributed by atoms with Crippen molar-refractivity contribution in [1.82, 2.24) is 10.6 Å². The SMILES string of the molecule is CC(C)[C@@H](NC(=O)CNC(=O)COc1ccc2c(c1)oc(=O)c1ccccc12)C(=O)O. The van der Waals surface area contributed by atoms with Crippen LogP contribution in [-0.2, 0) is 14.4 Å². The fourth-order valence-electron chi connectivity index (χ4n) is 3.07. The zero-order chi connectivity index (χ0) is 22.5. The molecule has 31 heavy (non-hydrogen) atoms. The molecule has 0 saturated heterocycles. The molecule has 0 aliphatic rings. The van der Waals surface area contributed by atoms with Crippen LogP contribution in [0.2, 0.25) is 0 Å². The summed E-state index contributed by atoms with van der Waals surface area (Å²) in [6.07, 6.45) is 0. The highest BCUT2D eigenvalue weighted by Gasteiger charge is 2.23. The summed E-state index contributed by atoms with van der Waals surface area (Å²) in [5.41, 5.74) is -0.139. The van der Waals surface area contributed by atoms with Crippen LogP contribution in [0.15, 0.2) is 51.7 Å². The van der Waals surface area contributed by atoms with E-state index in [4.69, 9.17) is 14.3 Å². The van der Waals surface area contributed by atoms with Gasteiger partial charge in [-0.3, -0.25) is 9.59 Å². The fraction of sp³-hybridized carbons (Fsp3) is 0.273. The Morgan fingerprint density at radius 2 is 1.74 bits per heavy atom. The molecule has 0 aliphatic heterocycles. The van der Waals surface area contributed by atoms with E-state index < -0.39 is 29.5 Å². The van der Waals surface area contributed by atoms with Crippen LogP contribution in [0.4, 0.5) is 0 Å². The molecule has 2 amide bonds. The largest absolute Gasteiger partial charge is 0.484 e. The van der Waals surface area contributed by atoms with Crippen molar-refractivity contribution in [3.63, 3.8) is 0 Å². The number of hydrogen-bond acceptors (Lipinski definition) is 6. The van der Waals surface area contributed by atoms with E-state index >= 15 is 0 Å². The van der Waals surface area contributed by atoms with Gasteiger partial charge in [-0.25, -0.2) is 9.59 Å². The van der Waals surface area contributed by atoms with Gasteiger partial charge in [0.1, 0.15) is 17.4 Å². The van der Waals surface area contributed by atoms with Crippen molar-refractivity contribution >= 4 is 39.5 Å². The van der Waals surface area contributed by atoms with E-state index in [0.29, 0.717) is 16.7 Å². The molecule has 9 nitrogen and oxygen atoms in total. The van der Waals surface area contributed by atoms with Crippen LogP contribution < -0.4 is 21.0 Å². The van der Waals surface area contributed by atoms with Crippen molar-refractivity contribution in [2.24, 2.45) is 5.92 Å². The molecule has 0 fully saturated rings. The van der Waals surface area contributed by atoms with Crippen LogP contribution in [0.3, 0.4) is 0 Å². The Morgan fingerprint density at radius 3 is 2.42 bits per heavy atom. The first-order valence-corrected chi connectivity index (χ1v) is 9.63. The number of nitrogens with one attached hydrogen (secondary N) is 2. The van der Waals surface area contributed by atoms with Crippen LogP contribution in [0.5, 0.6) is 5.75 Å². The molecule has 1 atom stereocenters. The molecule has 0 bridgehead atoms. The van der Waals surface area contributed by atoms with Crippen LogP contribution in [0, 0.1) is 5.92 Å². The lowest BCUT2D eigenvalue weighted by Crippen LogP contribution is -2.48. The van der Waals surface area contributed by atoms with E-state index in [-0.39, 0.29) is 19.1 Å². The second kappa shape index (κ2) is 9.29. The first-order valence-electron chi connectivity index (χ1n) is 9.63. The summed E-state index contributed by atoms with van der Waals surface area (Å²) in [7, 11) is 0. The smallest absolute Gasteiger partial charge is 0.344 e. The molecule has 2 aromatic carbocycles. The van der Waals surface area contributed by atoms with E-state index in [1.807, 2.05) is 12.1 Å². The molecule has 162 valence electrons. The van der Waals surface area contributed by atoms with E-state index in [1.165, 1.54) is 6.07 Å². The second-order valence-electron chi connectivity index (χ2n) is 7.29. The highest BCUT2D eigenvalue weighted by Crippen LogP contribution is 2.26. The Balaban J connectivity index is 1.59. The Morgan fingerprint density at radius 1 is 1.03 bits per heavy atom. The predicted molar refractivity (Wildman–Crippen MR) is 113 cm³/mol. The molecule has 1 heterocycles. The van der Waals surface area contributed by atoms with Crippen molar-refractivity contribution in [1.29, 1.82) is 0 Å². The fourth-order valence-corrected chi connectivity index (χ4v) is 3.07. The number of rotatable bonds is 8. The zero-order valence-electron chi connectivity index (χ0n) is 17.0. The minimum atomic E-state index is -1.14. The molecular weight excluding hydrogens is 404 g/mol. The summed E-state index contributed by atoms with van der Waals surface area (Å²) in [5, 5.41) is 15.8. The van der Waals surface area contributed by atoms with Gasteiger partial charge >= 0.3 is 11.6 Å². The highest BCUT2D eigenvalue weighted by molar-refractivity contribution is 6.04. The number of carboxylic acid groups (broad SMARTS) is 1. The molecule has 0 spiro atoms. The Hall–Kier alpha value is -3.88. The van der Waals surface area contributed by atoms with Gasteiger partial charge < -0.3 is 24.9 Å². The summed E-state index contributed by atoms with van der Waals surface area (Å²) in [4.78, 5) is 47.1. The minimum Gasteiger partial charge on any atom is -0.484 e. The van der Waals surface area contributed by atoms with Gasteiger partial charge in [-0.2, -0.15) is 0 Å². The Labute approximate surface area is 177 Å². The first-order chi connectivity index (χ1) is 14.8. The number of benzene rings is 2. The Bertz CT molecular complexity index is 1200. The molecule has 3 N–H and O–H groups in total. The molecule has 0 aliphatic carbocycles. The average molecular weight is 426 g/mol. The van der Waals surface area contributed by atoms with Crippen molar-refractivity contribution in [2.45, 2.75) is 19.9 Å². The summed E-state index contributed by atoms with van der Waals surface area (Å²) < 4.78 is 10.8. The molecule has 0 radical (unpaired) electrons. The summed E-state index contributed by atoms with van der Waals surface area (Å²) in [6, 6.07) is 11.0. The van der Waals surface area contributed by atoms with Gasteiger partial charge in [0.2, 0.25) is 5.91 Å². The molecule has 3 rings (SSSR count). The minimum absolute atomic E-state index is 0.300. The second-order valence-corrected chi connectivity index (χ2v) is 7.29. The van der Waals surface area contributed by atoms with Crippen molar-refractivity contribution in [2.75, 3.05) is 13.2 Å². The van der Waals surface area contributed by atoms with Gasteiger partial charge in [-0.15, -0.1) is 0 Å². The summed E-state index contributed by atoms with van der Waals surface area (Å²) >= 11 is 0. The molecule has 0 saturated carbocycles. The third kappa shape index (κ3) is 5.19. The lowest BCUT2D eigenvalue weighted by atomic mass is 10.1. The van der Waals surface area contributed by atoms with Crippen LogP contribution in [-0.4, -0.2) is 42.1 Å². The normalized spacial score (nSPS) is 12.0. The van der Waals surface area contributed by atoms with Crippen molar-refractivity contribution in [3.05, 3.63) is 52.9 Å². The van der Waals surface area contributed by atoms with Crippen LogP contribution in [0.1, 0.15) is 13.8 Å². The Kier molecular flexibility index (Phi) is 6.54. The molecule has 9 heteroatoms. The van der Waals surface area contributed by atoms with Gasteiger partial charge in [-0.05, 0) is 29.5 Å². The van der Waals surface area contributed by atoms with Gasteiger partial charge in [-0.1, -0.05) is 32.0 Å². The zero-order valence-corrected chi connectivity index (χ0v) is 17.0. The first kappa shape index (κ1) is 21.8. The number of hydrogen-bond donors (Lipinski definition) is 3. The molecule has 3 aromatic rings. The average Bonchev–Trinajstić information content (AvgIpc) is 2.74. The standard InChI is InChI=1S/C22H22N2O7/c1-12(2)20(21(27)28)24-18(25)10-23-19(26)11-30-13-7-8-15-14-5-3-4-6-16(14)22(29)31-17(15)9-13/h3-9,12,20H,10-11H2,1-2H3,(H,23,26)(H,24,25)(H,27,28)/t20-/m1/s1. The number of carbonyl (C=O) groups is 3.